The second-order valence-electron chi connectivity index (χ2n) is 10.3. The van der Waals surface area contributed by atoms with Crippen molar-refractivity contribution in [2.45, 2.75) is 129 Å². The Hall–Kier alpha value is -1.87. The lowest BCUT2D eigenvalue weighted by molar-refractivity contribution is -0.137. The Morgan fingerprint density at radius 2 is 1.22 bits per heavy atom. The second kappa shape index (κ2) is 24.8. The number of nitrogens with zero attached hydrogens (tertiary/aromatic N) is 1. The molecule has 0 fully saturated rings. The van der Waals surface area contributed by atoms with Crippen LogP contribution in [0.25, 0.3) is 0 Å². The average molecular weight is 498 g/mol. The van der Waals surface area contributed by atoms with Crippen molar-refractivity contribution in [3.05, 3.63) is 60.2 Å². The van der Waals surface area contributed by atoms with Gasteiger partial charge in [0.1, 0.15) is 0 Å². The molecule has 0 bridgehead atoms. The topological polar surface area (TPSA) is 40.5 Å². The molecule has 204 valence electrons. The summed E-state index contributed by atoms with van der Waals surface area (Å²) in [6, 6.07) is 10.8. The lowest BCUT2D eigenvalue weighted by atomic mass is 10.1. The van der Waals surface area contributed by atoms with Gasteiger partial charge < -0.3 is 5.11 Å². The molecule has 3 heteroatoms. The first-order valence-electron chi connectivity index (χ1n) is 15.0. The fraction of sp³-hybridized carbons (Fsp3) is 0.667. The molecule has 1 aromatic carbocycles. The zero-order chi connectivity index (χ0) is 25.9. The van der Waals surface area contributed by atoms with E-state index in [0.717, 1.165) is 38.8 Å². The summed E-state index contributed by atoms with van der Waals surface area (Å²) in [5, 5.41) is 8.75. The van der Waals surface area contributed by atoms with Crippen molar-refractivity contribution in [2.24, 2.45) is 0 Å². The fourth-order valence-electron chi connectivity index (χ4n) is 4.58. The van der Waals surface area contributed by atoms with Gasteiger partial charge in [-0.25, -0.2) is 0 Å². The van der Waals surface area contributed by atoms with E-state index in [1.165, 1.54) is 95.6 Å². The minimum absolute atomic E-state index is 0.313. The summed E-state index contributed by atoms with van der Waals surface area (Å²) in [4.78, 5) is 13.2. The average Bonchev–Trinajstić information content (AvgIpc) is 2.88. The van der Waals surface area contributed by atoms with E-state index in [9.17, 15) is 4.79 Å². The van der Waals surface area contributed by atoms with Crippen molar-refractivity contribution in [2.75, 3.05) is 13.1 Å². The van der Waals surface area contributed by atoms with Gasteiger partial charge in [0.15, 0.2) is 0 Å². The quantitative estimate of drug-likeness (QED) is 0.108. The molecule has 0 atom stereocenters. The van der Waals surface area contributed by atoms with E-state index in [-0.39, 0.29) is 0 Å². The highest BCUT2D eigenvalue weighted by Gasteiger charge is 2.06. The molecule has 0 aliphatic rings. The van der Waals surface area contributed by atoms with Crippen molar-refractivity contribution >= 4 is 5.97 Å². The van der Waals surface area contributed by atoms with Crippen LogP contribution in [0.1, 0.15) is 128 Å². The number of unbranched alkanes of at least 4 members (excludes halogenated alkanes) is 13. The van der Waals surface area contributed by atoms with Crippen LogP contribution in [0, 0.1) is 0 Å². The van der Waals surface area contributed by atoms with Crippen molar-refractivity contribution in [3.63, 3.8) is 0 Å². The Labute approximate surface area is 223 Å². The summed E-state index contributed by atoms with van der Waals surface area (Å²) in [5.74, 6) is -0.670. The highest BCUT2D eigenvalue weighted by atomic mass is 16.4. The molecule has 1 aromatic rings. The first kappa shape index (κ1) is 32.2. The summed E-state index contributed by atoms with van der Waals surface area (Å²) >= 11 is 0. The zero-order valence-electron chi connectivity index (χ0n) is 23.3. The Kier molecular flexibility index (Phi) is 22.2. The predicted molar refractivity (Wildman–Crippen MR) is 156 cm³/mol. The first-order valence-corrected chi connectivity index (χ1v) is 15.0. The van der Waals surface area contributed by atoms with E-state index < -0.39 is 5.97 Å². The molecular weight excluding hydrogens is 442 g/mol. The van der Waals surface area contributed by atoms with Crippen molar-refractivity contribution in [1.29, 1.82) is 0 Å². The SMILES string of the molecule is CCCCCCC=CCC=CCCCCCCCN(CCCCCCCC(=O)O)Cc1ccccc1. The van der Waals surface area contributed by atoms with Gasteiger partial charge in [0.2, 0.25) is 0 Å². The molecule has 0 unspecified atom stereocenters. The number of rotatable bonds is 25. The molecule has 3 nitrogen and oxygen atoms in total. The lowest BCUT2D eigenvalue weighted by Crippen LogP contribution is -2.25. The van der Waals surface area contributed by atoms with Gasteiger partial charge >= 0.3 is 5.97 Å². The van der Waals surface area contributed by atoms with Gasteiger partial charge in [-0.3, -0.25) is 9.69 Å². The summed E-state index contributed by atoms with van der Waals surface area (Å²) in [6.07, 6.45) is 30.7. The van der Waals surface area contributed by atoms with Gasteiger partial charge in [-0.2, -0.15) is 0 Å². The molecule has 0 amide bonds. The van der Waals surface area contributed by atoms with Crippen LogP contribution in [0.15, 0.2) is 54.6 Å². The maximum absolute atomic E-state index is 10.6. The molecule has 0 saturated heterocycles. The number of aliphatic carboxylic acids is 1. The minimum atomic E-state index is -0.670. The van der Waals surface area contributed by atoms with Gasteiger partial charge in [-0.05, 0) is 70.0 Å². The first-order chi connectivity index (χ1) is 17.7. The number of allylic oxidation sites excluding steroid dienone is 4. The molecule has 0 aromatic heterocycles. The minimum Gasteiger partial charge on any atom is -0.481 e. The zero-order valence-corrected chi connectivity index (χ0v) is 23.3. The molecular formula is C33H55NO2. The number of carbonyl (C=O) groups is 1. The van der Waals surface area contributed by atoms with Crippen LogP contribution in [-0.2, 0) is 11.3 Å². The summed E-state index contributed by atoms with van der Waals surface area (Å²) in [6.45, 7) is 5.63. The second-order valence-corrected chi connectivity index (χ2v) is 10.3. The Balaban J connectivity index is 2.10. The standard InChI is InChI=1S/C33H55NO2/c1-2-3-4-5-6-7-8-9-10-11-12-13-14-15-18-24-29-34(31-32-26-21-20-22-27-32)30-25-19-16-17-23-28-33(35)36/h7-8,10-11,20-22,26-27H,2-6,9,12-19,23-25,28-31H2,1H3,(H,35,36). The van der Waals surface area contributed by atoms with Crippen molar-refractivity contribution in [3.8, 4) is 0 Å². The van der Waals surface area contributed by atoms with E-state index in [1.54, 1.807) is 0 Å². The molecule has 36 heavy (non-hydrogen) atoms. The van der Waals surface area contributed by atoms with Gasteiger partial charge in [-0.1, -0.05) is 119 Å². The maximum atomic E-state index is 10.6. The molecule has 0 spiro atoms. The molecule has 0 radical (unpaired) electrons. The summed E-state index contributed by atoms with van der Waals surface area (Å²) in [5.41, 5.74) is 1.40. The normalized spacial score (nSPS) is 11.8. The van der Waals surface area contributed by atoms with Crippen LogP contribution in [0.5, 0.6) is 0 Å². The number of carboxylic acids is 1. The molecule has 1 rings (SSSR count). The van der Waals surface area contributed by atoms with Gasteiger partial charge in [0, 0.05) is 13.0 Å². The molecule has 0 heterocycles. The van der Waals surface area contributed by atoms with E-state index >= 15 is 0 Å². The van der Waals surface area contributed by atoms with E-state index in [1.807, 2.05) is 0 Å². The maximum Gasteiger partial charge on any atom is 0.303 e. The highest BCUT2D eigenvalue weighted by molar-refractivity contribution is 5.66. The number of hydrogen-bond acceptors (Lipinski definition) is 2. The lowest BCUT2D eigenvalue weighted by Gasteiger charge is -2.22. The van der Waals surface area contributed by atoms with Gasteiger partial charge in [0.05, 0.1) is 0 Å². The van der Waals surface area contributed by atoms with Crippen LogP contribution < -0.4 is 0 Å². The van der Waals surface area contributed by atoms with Crippen LogP contribution >= 0.6 is 0 Å². The van der Waals surface area contributed by atoms with E-state index in [4.69, 9.17) is 5.11 Å². The van der Waals surface area contributed by atoms with Crippen molar-refractivity contribution in [1.82, 2.24) is 4.90 Å². The smallest absolute Gasteiger partial charge is 0.303 e. The molecule has 0 aliphatic carbocycles. The van der Waals surface area contributed by atoms with E-state index in [2.05, 4.69) is 66.5 Å². The fourth-order valence-corrected chi connectivity index (χ4v) is 4.58. The Morgan fingerprint density at radius 3 is 1.81 bits per heavy atom. The Morgan fingerprint density at radius 1 is 0.694 bits per heavy atom. The highest BCUT2D eigenvalue weighted by Crippen LogP contribution is 2.12. The monoisotopic (exact) mass is 497 g/mol. The van der Waals surface area contributed by atoms with E-state index in [0.29, 0.717) is 6.42 Å². The molecule has 0 aliphatic heterocycles. The largest absolute Gasteiger partial charge is 0.481 e. The van der Waals surface area contributed by atoms with Crippen LogP contribution in [0.3, 0.4) is 0 Å². The third-order valence-electron chi connectivity index (χ3n) is 6.79. The van der Waals surface area contributed by atoms with Crippen LogP contribution in [0.2, 0.25) is 0 Å². The third kappa shape index (κ3) is 21.4. The van der Waals surface area contributed by atoms with Gasteiger partial charge in [-0.15, -0.1) is 0 Å². The van der Waals surface area contributed by atoms with Crippen molar-refractivity contribution < 1.29 is 9.90 Å². The summed E-state index contributed by atoms with van der Waals surface area (Å²) in [7, 11) is 0. The van der Waals surface area contributed by atoms with Gasteiger partial charge in [0.25, 0.3) is 0 Å². The van der Waals surface area contributed by atoms with Crippen LogP contribution in [-0.4, -0.2) is 29.1 Å². The third-order valence-corrected chi connectivity index (χ3v) is 6.79. The molecule has 0 saturated carbocycles. The molecule has 1 N–H and O–H groups in total. The number of benzene rings is 1. The predicted octanol–water partition coefficient (Wildman–Crippen LogP) is 9.73. The summed E-state index contributed by atoms with van der Waals surface area (Å²) < 4.78 is 0. The van der Waals surface area contributed by atoms with Crippen LogP contribution in [0.4, 0.5) is 0 Å². The number of hydrogen-bond donors (Lipinski definition) is 1. The Bertz CT molecular complexity index is 668. The number of carboxylic acid groups (broad SMARTS) is 1.